The highest BCUT2D eigenvalue weighted by Crippen LogP contribution is 2.16. The maximum Gasteiger partial charge on any atom is 0.191 e. The standard InChI is InChI=1S/C14H14FNOS/c1-2-16(12-7-5-11(15)6-8-12)10-13(17)14-4-3-9-18-14/h3-9H,2,10H2,1H3. The van der Waals surface area contributed by atoms with Crippen molar-refractivity contribution in [1.29, 1.82) is 0 Å². The first-order valence-corrected chi connectivity index (χ1v) is 6.66. The average molecular weight is 263 g/mol. The summed E-state index contributed by atoms with van der Waals surface area (Å²) >= 11 is 1.44. The van der Waals surface area contributed by atoms with E-state index in [9.17, 15) is 9.18 Å². The first-order valence-electron chi connectivity index (χ1n) is 5.78. The van der Waals surface area contributed by atoms with E-state index in [4.69, 9.17) is 0 Å². The van der Waals surface area contributed by atoms with Crippen LogP contribution >= 0.6 is 11.3 Å². The second-order valence-electron chi connectivity index (χ2n) is 3.89. The minimum absolute atomic E-state index is 0.0937. The van der Waals surface area contributed by atoms with Crippen molar-refractivity contribution in [1.82, 2.24) is 0 Å². The van der Waals surface area contributed by atoms with Crippen molar-refractivity contribution < 1.29 is 9.18 Å². The lowest BCUT2D eigenvalue weighted by atomic mass is 10.2. The lowest BCUT2D eigenvalue weighted by molar-refractivity contribution is 0.100. The molecule has 0 aliphatic carbocycles. The molecule has 0 unspecified atom stereocenters. The molecule has 0 N–H and O–H groups in total. The molecule has 4 heteroatoms. The van der Waals surface area contributed by atoms with E-state index in [0.29, 0.717) is 13.1 Å². The number of benzene rings is 1. The molecule has 0 radical (unpaired) electrons. The molecule has 0 saturated carbocycles. The SMILES string of the molecule is CCN(CC(=O)c1cccs1)c1ccc(F)cc1. The van der Waals surface area contributed by atoms with Gasteiger partial charge in [-0.05, 0) is 42.6 Å². The number of halogens is 1. The summed E-state index contributed by atoms with van der Waals surface area (Å²) in [6.45, 7) is 3.01. The summed E-state index contributed by atoms with van der Waals surface area (Å²) in [6.07, 6.45) is 0. The van der Waals surface area contributed by atoms with Crippen molar-refractivity contribution >= 4 is 22.8 Å². The van der Waals surface area contributed by atoms with Crippen molar-refractivity contribution in [3.05, 3.63) is 52.5 Å². The predicted molar refractivity (Wildman–Crippen MR) is 72.9 cm³/mol. The van der Waals surface area contributed by atoms with Crippen LogP contribution in [0.1, 0.15) is 16.6 Å². The molecule has 1 heterocycles. The van der Waals surface area contributed by atoms with Gasteiger partial charge in [0.05, 0.1) is 11.4 Å². The molecule has 1 aromatic carbocycles. The van der Waals surface area contributed by atoms with E-state index in [-0.39, 0.29) is 11.6 Å². The van der Waals surface area contributed by atoms with E-state index >= 15 is 0 Å². The Kier molecular flexibility index (Phi) is 4.10. The highest BCUT2D eigenvalue weighted by Gasteiger charge is 2.12. The fourth-order valence-corrected chi connectivity index (χ4v) is 2.38. The van der Waals surface area contributed by atoms with Crippen LogP contribution in [0.5, 0.6) is 0 Å². The van der Waals surface area contributed by atoms with Gasteiger partial charge >= 0.3 is 0 Å². The van der Waals surface area contributed by atoms with E-state index < -0.39 is 0 Å². The molecule has 2 aromatic rings. The smallest absolute Gasteiger partial charge is 0.191 e. The Labute approximate surface area is 110 Å². The number of thiophene rings is 1. The fourth-order valence-electron chi connectivity index (χ4n) is 1.73. The molecule has 0 atom stereocenters. The first kappa shape index (κ1) is 12.8. The Morgan fingerprint density at radius 3 is 2.56 bits per heavy atom. The zero-order valence-electron chi connectivity index (χ0n) is 10.1. The van der Waals surface area contributed by atoms with Crippen molar-refractivity contribution in [3.63, 3.8) is 0 Å². The van der Waals surface area contributed by atoms with E-state index in [1.807, 2.05) is 29.3 Å². The molecule has 1 aromatic heterocycles. The Morgan fingerprint density at radius 1 is 1.28 bits per heavy atom. The molecule has 0 aliphatic rings. The molecule has 0 saturated heterocycles. The number of nitrogens with zero attached hydrogens (tertiary/aromatic N) is 1. The van der Waals surface area contributed by atoms with Crippen molar-refractivity contribution in [2.45, 2.75) is 6.92 Å². The summed E-state index contributed by atoms with van der Waals surface area (Å²) in [5.41, 5.74) is 0.865. The monoisotopic (exact) mass is 263 g/mol. The number of carbonyl (C=O) groups is 1. The molecule has 0 fully saturated rings. The molecule has 0 amide bonds. The van der Waals surface area contributed by atoms with Crippen molar-refractivity contribution in [2.24, 2.45) is 0 Å². The van der Waals surface area contributed by atoms with Crippen LogP contribution in [0.25, 0.3) is 0 Å². The molecule has 0 bridgehead atoms. The van der Waals surface area contributed by atoms with Crippen LogP contribution in [-0.2, 0) is 0 Å². The molecule has 2 rings (SSSR count). The lowest BCUT2D eigenvalue weighted by Crippen LogP contribution is -2.29. The van der Waals surface area contributed by atoms with E-state index in [1.54, 1.807) is 12.1 Å². The summed E-state index contributed by atoms with van der Waals surface area (Å²) in [5, 5.41) is 1.89. The van der Waals surface area contributed by atoms with Gasteiger partial charge in [0.25, 0.3) is 0 Å². The molecule has 0 aliphatic heterocycles. The van der Waals surface area contributed by atoms with E-state index in [2.05, 4.69) is 0 Å². The Balaban J connectivity index is 2.10. The van der Waals surface area contributed by atoms with Gasteiger partial charge in [0.2, 0.25) is 0 Å². The zero-order valence-corrected chi connectivity index (χ0v) is 10.9. The molecule has 0 spiro atoms. The third kappa shape index (κ3) is 2.96. The molecular formula is C14H14FNOS. The van der Waals surface area contributed by atoms with Gasteiger partial charge in [-0.15, -0.1) is 11.3 Å². The maximum absolute atomic E-state index is 12.9. The molecule has 18 heavy (non-hydrogen) atoms. The van der Waals surface area contributed by atoms with Crippen LogP contribution in [0.2, 0.25) is 0 Å². The zero-order chi connectivity index (χ0) is 13.0. The maximum atomic E-state index is 12.9. The number of rotatable bonds is 5. The topological polar surface area (TPSA) is 20.3 Å². The van der Waals surface area contributed by atoms with Gasteiger partial charge in [-0.25, -0.2) is 4.39 Å². The van der Waals surface area contributed by atoms with Gasteiger partial charge < -0.3 is 4.90 Å². The number of Topliss-reactive ketones (excluding diaryl/α,β-unsaturated/α-hetero) is 1. The lowest BCUT2D eigenvalue weighted by Gasteiger charge is -2.21. The number of anilines is 1. The number of hydrogen-bond acceptors (Lipinski definition) is 3. The second-order valence-corrected chi connectivity index (χ2v) is 4.84. The summed E-state index contributed by atoms with van der Waals surface area (Å²) in [7, 11) is 0. The van der Waals surface area contributed by atoms with Gasteiger partial charge in [-0.1, -0.05) is 6.07 Å². The predicted octanol–water partition coefficient (Wildman–Crippen LogP) is 3.60. The number of carbonyl (C=O) groups excluding carboxylic acids is 1. The number of likely N-dealkylation sites (N-methyl/N-ethyl adjacent to an activating group) is 1. The highest BCUT2D eigenvalue weighted by atomic mass is 32.1. The minimum atomic E-state index is -0.264. The third-order valence-electron chi connectivity index (χ3n) is 2.70. The summed E-state index contributed by atoms with van der Waals surface area (Å²) in [4.78, 5) is 14.7. The van der Waals surface area contributed by atoms with Gasteiger partial charge in [-0.3, -0.25) is 4.79 Å². The average Bonchev–Trinajstić information content (AvgIpc) is 2.91. The van der Waals surface area contributed by atoms with Crippen molar-refractivity contribution in [2.75, 3.05) is 18.0 Å². The molecule has 2 nitrogen and oxygen atoms in total. The highest BCUT2D eigenvalue weighted by molar-refractivity contribution is 7.12. The summed E-state index contributed by atoms with van der Waals surface area (Å²) in [5.74, 6) is -0.171. The Morgan fingerprint density at radius 2 is 2.00 bits per heavy atom. The summed E-state index contributed by atoms with van der Waals surface area (Å²) in [6, 6.07) is 9.90. The minimum Gasteiger partial charge on any atom is -0.364 e. The Bertz CT molecular complexity index is 507. The molecular weight excluding hydrogens is 249 g/mol. The van der Waals surface area contributed by atoms with Crippen LogP contribution < -0.4 is 4.90 Å². The number of ketones is 1. The van der Waals surface area contributed by atoms with Gasteiger partial charge in [0, 0.05) is 12.2 Å². The first-order chi connectivity index (χ1) is 8.70. The quantitative estimate of drug-likeness (QED) is 0.768. The third-order valence-corrected chi connectivity index (χ3v) is 3.61. The molecule has 94 valence electrons. The largest absolute Gasteiger partial charge is 0.364 e. The Hall–Kier alpha value is -1.68. The van der Waals surface area contributed by atoms with Crippen LogP contribution in [0.15, 0.2) is 41.8 Å². The van der Waals surface area contributed by atoms with Crippen LogP contribution in [-0.4, -0.2) is 18.9 Å². The van der Waals surface area contributed by atoms with Gasteiger partial charge in [0.15, 0.2) is 5.78 Å². The van der Waals surface area contributed by atoms with Crippen LogP contribution in [0.3, 0.4) is 0 Å². The van der Waals surface area contributed by atoms with E-state index in [0.717, 1.165) is 10.6 Å². The fraction of sp³-hybridized carbons (Fsp3) is 0.214. The van der Waals surface area contributed by atoms with E-state index in [1.165, 1.54) is 23.5 Å². The second kappa shape index (κ2) is 5.78. The summed E-state index contributed by atoms with van der Waals surface area (Å²) < 4.78 is 12.9. The van der Waals surface area contributed by atoms with Gasteiger partial charge in [0.1, 0.15) is 5.82 Å². The van der Waals surface area contributed by atoms with Crippen LogP contribution in [0, 0.1) is 5.82 Å². The van der Waals surface area contributed by atoms with Crippen molar-refractivity contribution in [3.8, 4) is 0 Å². The normalized spacial score (nSPS) is 10.3. The van der Waals surface area contributed by atoms with Crippen LogP contribution in [0.4, 0.5) is 10.1 Å². The number of hydrogen-bond donors (Lipinski definition) is 0. The van der Waals surface area contributed by atoms with Gasteiger partial charge in [-0.2, -0.15) is 0 Å².